The number of carbonyl (C=O) groups excluding carboxylic acids is 1. The first-order valence-electron chi connectivity index (χ1n) is 8.56. The molecule has 0 saturated heterocycles. The number of rotatable bonds is 6. The van der Waals surface area contributed by atoms with E-state index >= 15 is 0 Å². The van der Waals surface area contributed by atoms with Gasteiger partial charge in [0.1, 0.15) is 17.0 Å². The zero-order chi connectivity index (χ0) is 19.6. The molecule has 0 spiro atoms. The summed E-state index contributed by atoms with van der Waals surface area (Å²) in [5.41, 5.74) is 8.92. The molecule has 3 aromatic rings. The number of aromatic nitrogens is 4. The maximum Gasteiger partial charge on any atom is 0.269 e. The van der Waals surface area contributed by atoms with Crippen molar-refractivity contribution in [3.63, 3.8) is 0 Å². The highest BCUT2D eigenvalue weighted by molar-refractivity contribution is 6.00. The van der Waals surface area contributed by atoms with E-state index in [-0.39, 0.29) is 24.5 Å². The van der Waals surface area contributed by atoms with Crippen molar-refractivity contribution >= 4 is 22.9 Å². The third-order valence-electron chi connectivity index (χ3n) is 4.14. The minimum absolute atomic E-state index is 0.0125. The molecule has 0 aliphatic rings. The van der Waals surface area contributed by atoms with Crippen molar-refractivity contribution in [1.29, 1.82) is 0 Å². The topological polar surface area (TPSA) is 133 Å². The Bertz CT molecular complexity index is 950. The van der Waals surface area contributed by atoms with Crippen LogP contribution in [0, 0.1) is 0 Å². The van der Waals surface area contributed by atoms with Crippen LogP contribution in [0.2, 0.25) is 0 Å². The highest BCUT2D eigenvalue weighted by Crippen LogP contribution is 2.26. The zero-order valence-corrected chi connectivity index (χ0v) is 15.5. The van der Waals surface area contributed by atoms with E-state index in [1.807, 2.05) is 19.1 Å². The van der Waals surface area contributed by atoms with Gasteiger partial charge in [-0.25, -0.2) is 4.98 Å². The van der Waals surface area contributed by atoms with Crippen LogP contribution in [-0.4, -0.2) is 62.6 Å². The molecule has 9 heteroatoms. The number of H-pyrrole nitrogens is 1. The van der Waals surface area contributed by atoms with Gasteiger partial charge in [0.05, 0.1) is 12.3 Å². The normalized spacial score (nSPS) is 12.3. The number of aliphatic hydroxyl groups excluding tert-OH is 1. The third-order valence-corrected chi connectivity index (χ3v) is 4.14. The Kier molecular flexibility index (Phi) is 5.33. The smallest absolute Gasteiger partial charge is 0.269 e. The first kappa shape index (κ1) is 18.7. The van der Waals surface area contributed by atoms with Crippen molar-refractivity contribution in [2.24, 2.45) is 0 Å². The average Bonchev–Trinajstić information content (AvgIpc) is 3.08. The lowest BCUT2D eigenvalue weighted by Gasteiger charge is -2.10. The molecular formula is C18H23N7O2. The maximum absolute atomic E-state index is 12.2. The maximum atomic E-state index is 12.2. The molecule has 0 fully saturated rings. The van der Waals surface area contributed by atoms with Crippen LogP contribution in [0.25, 0.3) is 22.4 Å². The number of nitrogens with two attached hydrogens (primary N) is 1. The molecule has 0 bridgehead atoms. The Balaban J connectivity index is 1.94. The molecule has 3 rings (SSSR count). The molecule has 0 saturated carbocycles. The number of aromatic amines is 1. The number of carbonyl (C=O) groups is 1. The summed E-state index contributed by atoms with van der Waals surface area (Å²) >= 11 is 0. The number of nitrogens with zero attached hydrogens (tertiary/aromatic N) is 4. The Labute approximate surface area is 156 Å². The van der Waals surface area contributed by atoms with Gasteiger partial charge in [0, 0.05) is 38.3 Å². The fraction of sp³-hybridized carbons (Fsp3) is 0.333. The van der Waals surface area contributed by atoms with Crippen molar-refractivity contribution < 1.29 is 9.90 Å². The van der Waals surface area contributed by atoms with Crippen LogP contribution in [0.15, 0.2) is 24.4 Å². The summed E-state index contributed by atoms with van der Waals surface area (Å²) in [5.74, 6) is -0.0579. The minimum atomic E-state index is -0.162. The van der Waals surface area contributed by atoms with Crippen LogP contribution < -0.4 is 11.1 Å². The molecule has 3 aromatic heterocycles. The number of fused-ring (bicyclic) bond motifs is 1. The Morgan fingerprint density at radius 2 is 2.15 bits per heavy atom. The summed E-state index contributed by atoms with van der Waals surface area (Å²) in [4.78, 5) is 29.7. The molecule has 1 amide bonds. The fourth-order valence-electron chi connectivity index (χ4n) is 2.60. The van der Waals surface area contributed by atoms with Gasteiger partial charge in [0.25, 0.3) is 5.91 Å². The lowest BCUT2D eigenvalue weighted by atomic mass is 10.1. The van der Waals surface area contributed by atoms with Crippen molar-refractivity contribution in [2.75, 3.05) is 26.4 Å². The molecule has 1 atom stereocenters. The van der Waals surface area contributed by atoms with Crippen molar-refractivity contribution in [3.05, 3.63) is 35.7 Å². The average molecular weight is 369 g/mol. The molecule has 0 aliphatic carbocycles. The van der Waals surface area contributed by atoms with E-state index < -0.39 is 0 Å². The van der Waals surface area contributed by atoms with Crippen LogP contribution in [-0.2, 0) is 6.54 Å². The largest absolute Gasteiger partial charge is 0.395 e. The molecule has 0 aliphatic heterocycles. The lowest BCUT2D eigenvalue weighted by molar-refractivity contribution is 0.0823. The second kappa shape index (κ2) is 7.68. The van der Waals surface area contributed by atoms with Crippen molar-refractivity contribution in [3.8, 4) is 11.4 Å². The summed E-state index contributed by atoms with van der Waals surface area (Å²) in [7, 11) is 3.36. The number of hydrogen-bond acceptors (Lipinski definition) is 7. The Morgan fingerprint density at radius 1 is 1.37 bits per heavy atom. The van der Waals surface area contributed by atoms with E-state index in [4.69, 9.17) is 10.8 Å². The predicted octanol–water partition coefficient (Wildman–Crippen LogP) is 0.774. The second-order valence-corrected chi connectivity index (χ2v) is 6.59. The molecule has 0 unspecified atom stereocenters. The third kappa shape index (κ3) is 4.04. The monoisotopic (exact) mass is 369 g/mol. The van der Waals surface area contributed by atoms with E-state index in [1.54, 1.807) is 26.4 Å². The Morgan fingerprint density at radius 3 is 2.78 bits per heavy atom. The van der Waals surface area contributed by atoms with Gasteiger partial charge in [-0.05, 0) is 24.6 Å². The van der Waals surface area contributed by atoms with E-state index in [2.05, 4.69) is 25.3 Å². The van der Waals surface area contributed by atoms with Gasteiger partial charge in [0.2, 0.25) is 5.95 Å². The molecule has 27 heavy (non-hydrogen) atoms. The molecule has 142 valence electrons. The van der Waals surface area contributed by atoms with Crippen LogP contribution >= 0.6 is 0 Å². The number of anilines is 1. The quantitative estimate of drug-likeness (QED) is 0.504. The number of hydrogen-bond donors (Lipinski definition) is 4. The standard InChI is InChI=1S/C18H23N7O2/c1-10(9-26)20-7-11-4-5-13(21-8-11)15-12-6-14(17(27)25(2)3)22-16(12)24-18(19)23-15/h4-6,8,10,20,26H,7,9H2,1-3H3,(H3,19,22,23,24)/t10-/m1/s1. The van der Waals surface area contributed by atoms with Crippen molar-refractivity contribution in [1.82, 2.24) is 30.2 Å². The first-order valence-corrected chi connectivity index (χ1v) is 8.56. The molecule has 3 heterocycles. The predicted molar refractivity (Wildman–Crippen MR) is 103 cm³/mol. The van der Waals surface area contributed by atoms with Gasteiger partial charge in [-0.1, -0.05) is 6.07 Å². The van der Waals surface area contributed by atoms with Gasteiger partial charge in [-0.3, -0.25) is 9.78 Å². The summed E-state index contributed by atoms with van der Waals surface area (Å²) in [6, 6.07) is 5.51. The highest BCUT2D eigenvalue weighted by atomic mass is 16.3. The summed E-state index contributed by atoms with van der Waals surface area (Å²) in [5, 5.41) is 12.9. The van der Waals surface area contributed by atoms with Gasteiger partial charge in [0.15, 0.2) is 0 Å². The first-order chi connectivity index (χ1) is 12.9. The summed E-state index contributed by atoms with van der Waals surface area (Å²) < 4.78 is 0. The zero-order valence-electron chi connectivity index (χ0n) is 15.5. The van der Waals surface area contributed by atoms with Crippen molar-refractivity contribution in [2.45, 2.75) is 19.5 Å². The minimum Gasteiger partial charge on any atom is -0.395 e. The number of pyridine rings is 1. The highest BCUT2D eigenvalue weighted by Gasteiger charge is 2.17. The van der Waals surface area contributed by atoms with E-state index in [0.717, 1.165) is 5.56 Å². The van der Waals surface area contributed by atoms with Crippen LogP contribution in [0.3, 0.4) is 0 Å². The lowest BCUT2D eigenvalue weighted by Crippen LogP contribution is -2.28. The summed E-state index contributed by atoms with van der Waals surface area (Å²) in [6.07, 6.45) is 1.75. The molecule has 0 radical (unpaired) electrons. The van der Waals surface area contributed by atoms with E-state index in [1.165, 1.54) is 4.90 Å². The molecular weight excluding hydrogens is 346 g/mol. The van der Waals surface area contributed by atoms with Crippen LogP contribution in [0.5, 0.6) is 0 Å². The van der Waals surface area contributed by atoms with Gasteiger partial charge in [-0.15, -0.1) is 0 Å². The number of nitrogens with one attached hydrogen (secondary N) is 2. The fourth-order valence-corrected chi connectivity index (χ4v) is 2.60. The Hall–Kier alpha value is -3.04. The van der Waals surface area contributed by atoms with E-state index in [0.29, 0.717) is 34.7 Å². The van der Waals surface area contributed by atoms with E-state index in [9.17, 15) is 4.79 Å². The van der Waals surface area contributed by atoms with Crippen LogP contribution in [0.1, 0.15) is 23.0 Å². The summed E-state index contributed by atoms with van der Waals surface area (Å²) in [6.45, 7) is 2.58. The molecule has 0 aromatic carbocycles. The number of nitrogen functional groups attached to an aromatic ring is 1. The second-order valence-electron chi connectivity index (χ2n) is 6.59. The van der Waals surface area contributed by atoms with Gasteiger partial charge >= 0.3 is 0 Å². The number of aliphatic hydroxyl groups is 1. The molecule has 9 nitrogen and oxygen atoms in total. The van der Waals surface area contributed by atoms with Gasteiger partial charge < -0.3 is 26.0 Å². The SMILES string of the molecule is C[C@H](CO)NCc1ccc(-c2nc(N)nc3[nH]c(C(=O)N(C)C)cc23)nc1. The molecule has 5 N–H and O–H groups in total. The van der Waals surface area contributed by atoms with Gasteiger partial charge in [-0.2, -0.15) is 4.98 Å². The van der Waals surface area contributed by atoms with Crippen LogP contribution in [0.4, 0.5) is 5.95 Å². The number of amides is 1.